The van der Waals surface area contributed by atoms with Gasteiger partial charge in [0.15, 0.2) is 11.5 Å². The van der Waals surface area contributed by atoms with Gasteiger partial charge in [0.2, 0.25) is 15.5 Å². The van der Waals surface area contributed by atoms with Crippen molar-refractivity contribution in [2.45, 2.75) is 38.1 Å². The van der Waals surface area contributed by atoms with E-state index in [9.17, 15) is 27.9 Å². The molecule has 5 aromatic rings. The van der Waals surface area contributed by atoms with E-state index in [0.717, 1.165) is 22.7 Å². The van der Waals surface area contributed by atoms with Crippen molar-refractivity contribution in [3.05, 3.63) is 98.2 Å². The molecule has 1 unspecified atom stereocenters. The molecule has 0 spiro atoms. The van der Waals surface area contributed by atoms with Gasteiger partial charge < -0.3 is 20.0 Å². The maximum atomic E-state index is 15.5. The summed E-state index contributed by atoms with van der Waals surface area (Å²) < 4.78 is 59.1. The molecule has 1 amide bonds. The average molecular weight is 639 g/mol. The molecule has 0 radical (unpaired) electrons. The molecule has 1 atom stereocenters. The van der Waals surface area contributed by atoms with Gasteiger partial charge in [0, 0.05) is 38.0 Å². The fourth-order valence-corrected chi connectivity index (χ4v) is 7.00. The maximum absolute atomic E-state index is 15.5. The zero-order valence-corrected chi connectivity index (χ0v) is 25.3. The number of amides is 1. The summed E-state index contributed by atoms with van der Waals surface area (Å²) in [5.41, 5.74) is 0.342. The summed E-state index contributed by atoms with van der Waals surface area (Å²) in [6.45, 7) is 4.29. The number of carboxylic acids is 1. The standard InChI is InChI=1S/C30H28F2N6O6S/c1-14-8-15(2)27(16(3)9-14)45(43,44)37-22(30(41)42)13-38(4)29(40)19-12-34-25-18(26(19)39)10-20(31)17(24(25)32)11-23-35-21-6-5-7-33-28(21)36-23/h5-10,12,22,37H,11,13H2,1-4H3,(H,34,39)(H,41,42)(H,33,35,36). The lowest BCUT2D eigenvalue weighted by Crippen LogP contribution is -2.49. The van der Waals surface area contributed by atoms with Crippen molar-refractivity contribution in [3.8, 4) is 0 Å². The number of benzene rings is 2. The van der Waals surface area contributed by atoms with Crippen LogP contribution < -0.4 is 10.2 Å². The second-order valence-corrected chi connectivity index (χ2v) is 12.4. The van der Waals surface area contributed by atoms with Gasteiger partial charge >= 0.3 is 5.97 Å². The zero-order valence-electron chi connectivity index (χ0n) is 24.5. The highest BCUT2D eigenvalue weighted by atomic mass is 32.2. The van der Waals surface area contributed by atoms with Crippen molar-refractivity contribution in [1.82, 2.24) is 29.6 Å². The van der Waals surface area contributed by atoms with Gasteiger partial charge in [0.1, 0.15) is 23.2 Å². The number of hydrogen-bond acceptors (Lipinski definition) is 7. The largest absolute Gasteiger partial charge is 0.480 e. The van der Waals surface area contributed by atoms with Crippen LogP contribution in [0.5, 0.6) is 0 Å². The summed E-state index contributed by atoms with van der Waals surface area (Å²) in [5.74, 6) is -4.41. The number of rotatable bonds is 9. The van der Waals surface area contributed by atoms with Crippen LogP contribution in [0.15, 0.2) is 52.4 Å². The van der Waals surface area contributed by atoms with E-state index in [1.807, 2.05) is 0 Å². The normalized spacial score (nSPS) is 12.5. The summed E-state index contributed by atoms with van der Waals surface area (Å²) in [7, 11) is -3.16. The number of carbonyl (C=O) groups excluding carboxylic acids is 1. The lowest BCUT2D eigenvalue weighted by molar-refractivity contribution is -0.139. The minimum Gasteiger partial charge on any atom is -0.480 e. The van der Waals surface area contributed by atoms with Crippen LogP contribution in [-0.2, 0) is 21.2 Å². The highest BCUT2D eigenvalue weighted by Crippen LogP contribution is 2.25. The number of carboxylic acid groups (broad SMARTS) is 1. The van der Waals surface area contributed by atoms with Gasteiger partial charge in [-0.2, -0.15) is 4.72 Å². The third kappa shape index (κ3) is 6.04. The van der Waals surface area contributed by atoms with Crippen LogP contribution in [-0.4, -0.2) is 69.9 Å². The van der Waals surface area contributed by atoms with Crippen molar-refractivity contribution in [2.75, 3.05) is 13.6 Å². The van der Waals surface area contributed by atoms with Crippen molar-refractivity contribution in [1.29, 1.82) is 0 Å². The zero-order chi connectivity index (χ0) is 32.8. The van der Waals surface area contributed by atoms with Gasteiger partial charge in [-0.3, -0.25) is 14.4 Å². The number of aromatic nitrogens is 4. The number of fused-ring (bicyclic) bond motifs is 2. The number of nitrogens with zero attached hydrogens (tertiary/aromatic N) is 3. The van der Waals surface area contributed by atoms with Crippen molar-refractivity contribution >= 4 is 44.0 Å². The van der Waals surface area contributed by atoms with Crippen LogP contribution >= 0.6 is 0 Å². The minimum absolute atomic E-state index is 0.0836. The smallest absolute Gasteiger partial charge is 0.323 e. The lowest BCUT2D eigenvalue weighted by Gasteiger charge is -2.23. The van der Waals surface area contributed by atoms with Gasteiger partial charge in [-0.1, -0.05) is 17.7 Å². The number of hydrogen-bond donors (Lipinski definition) is 4. The summed E-state index contributed by atoms with van der Waals surface area (Å²) in [4.78, 5) is 53.0. The van der Waals surface area contributed by atoms with Crippen LogP contribution in [0.25, 0.3) is 22.1 Å². The molecular formula is C30H28F2N6O6S. The number of aromatic amines is 2. The van der Waals surface area contributed by atoms with Gasteiger partial charge in [-0.05, 0) is 50.1 Å². The van der Waals surface area contributed by atoms with E-state index in [1.165, 1.54) is 13.2 Å². The molecule has 4 N–H and O–H groups in total. The fraction of sp³-hybridized carbons (Fsp3) is 0.233. The third-order valence-corrected chi connectivity index (χ3v) is 9.09. The second-order valence-electron chi connectivity index (χ2n) is 10.8. The van der Waals surface area contributed by atoms with Crippen LogP contribution in [0.2, 0.25) is 0 Å². The molecule has 0 aliphatic carbocycles. The predicted molar refractivity (Wildman–Crippen MR) is 161 cm³/mol. The van der Waals surface area contributed by atoms with E-state index in [2.05, 4.69) is 24.7 Å². The molecule has 0 aliphatic rings. The van der Waals surface area contributed by atoms with Crippen molar-refractivity contribution in [3.63, 3.8) is 0 Å². The minimum atomic E-state index is -4.33. The average Bonchev–Trinajstić information content (AvgIpc) is 3.37. The highest BCUT2D eigenvalue weighted by Gasteiger charge is 2.31. The first kappa shape index (κ1) is 31.4. The number of aryl methyl sites for hydroxylation is 3. The number of H-pyrrole nitrogens is 2. The van der Waals surface area contributed by atoms with Crippen LogP contribution in [0.4, 0.5) is 8.78 Å². The molecule has 5 rings (SSSR count). The Bertz CT molecular complexity index is 2120. The Balaban J connectivity index is 1.40. The summed E-state index contributed by atoms with van der Waals surface area (Å²) >= 11 is 0. The molecule has 0 fully saturated rings. The molecule has 3 heterocycles. The molecule has 15 heteroatoms. The molecule has 0 saturated carbocycles. The number of pyridine rings is 2. The Morgan fingerprint density at radius 1 is 1.13 bits per heavy atom. The monoisotopic (exact) mass is 638 g/mol. The first-order valence-corrected chi connectivity index (χ1v) is 15.1. The lowest BCUT2D eigenvalue weighted by atomic mass is 10.0. The third-order valence-electron chi connectivity index (χ3n) is 7.32. The Morgan fingerprint density at radius 2 is 1.82 bits per heavy atom. The molecule has 234 valence electrons. The molecule has 0 bridgehead atoms. The maximum Gasteiger partial charge on any atom is 0.323 e. The first-order valence-electron chi connectivity index (χ1n) is 13.6. The SMILES string of the molecule is Cc1cc(C)c(S(=O)(=O)NC(CN(C)C(=O)c2c[nH]c3c(F)c(Cc4nc5ncccc5[nH]4)c(F)cc3c2=O)C(=O)O)c(C)c1. The molecule has 12 nitrogen and oxygen atoms in total. The van der Waals surface area contributed by atoms with E-state index in [-0.39, 0.29) is 28.2 Å². The van der Waals surface area contributed by atoms with Gasteiger partial charge in [0.25, 0.3) is 5.91 Å². The Morgan fingerprint density at radius 3 is 2.47 bits per heavy atom. The van der Waals surface area contributed by atoms with E-state index < -0.39 is 62.5 Å². The molecule has 45 heavy (non-hydrogen) atoms. The Labute approximate surface area is 255 Å². The van der Waals surface area contributed by atoms with Crippen LogP contribution in [0.3, 0.4) is 0 Å². The highest BCUT2D eigenvalue weighted by molar-refractivity contribution is 7.89. The Hall–Kier alpha value is -5.02. The predicted octanol–water partition coefficient (Wildman–Crippen LogP) is 3.10. The number of likely N-dealkylation sites (N-methyl/N-ethyl adjacent to an activating group) is 1. The first-order chi connectivity index (χ1) is 21.2. The topological polar surface area (TPSA) is 178 Å². The van der Waals surface area contributed by atoms with Gasteiger partial charge in [-0.25, -0.2) is 27.2 Å². The Kier molecular flexibility index (Phi) is 8.25. The van der Waals surface area contributed by atoms with Crippen LogP contribution in [0, 0.1) is 32.4 Å². The van der Waals surface area contributed by atoms with Gasteiger partial charge in [-0.15, -0.1) is 0 Å². The second kappa shape index (κ2) is 11.8. The van der Waals surface area contributed by atoms with Crippen molar-refractivity contribution in [2.24, 2.45) is 0 Å². The molecule has 0 aliphatic heterocycles. The molecule has 0 saturated heterocycles. The molecular weight excluding hydrogens is 610 g/mol. The number of sulfonamides is 1. The summed E-state index contributed by atoms with van der Waals surface area (Å²) in [5, 5.41) is 9.33. The van der Waals surface area contributed by atoms with E-state index >= 15 is 8.78 Å². The van der Waals surface area contributed by atoms with Gasteiger partial charge in [0.05, 0.1) is 21.3 Å². The van der Waals surface area contributed by atoms with Crippen LogP contribution in [0.1, 0.15) is 38.4 Å². The number of aliphatic carboxylic acids is 1. The number of imidazole rings is 1. The number of carbonyl (C=O) groups is 2. The van der Waals surface area contributed by atoms with E-state index in [0.29, 0.717) is 22.3 Å². The molecule has 3 aromatic heterocycles. The summed E-state index contributed by atoms with van der Waals surface area (Å²) in [6, 6.07) is 5.70. The number of halogens is 2. The van der Waals surface area contributed by atoms with E-state index in [1.54, 1.807) is 45.0 Å². The fourth-order valence-electron chi connectivity index (χ4n) is 5.37. The van der Waals surface area contributed by atoms with E-state index in [4.69, 9.17) is 0 Å². The summed E-state index contributed by atoms with van der Waals surface area (Å²) in [6.07, 6.45) is 2.19. The van der Waals surface area contributed by atoms with Crippen molar-refractivity contribution < 1.29 is 31.9 Å². The molecule has 2 aromatic carbocycles. The number of nitrogens with one attached hydrogen (secondary N) is 3. The quantitative estimate of drug-likeness (QED) is 0.190.